The molecule has 1 heterocycles. The van der Waals surface area contributed by atoms with Gasteiger partial charge in [-0.1, -0.05) is 48.0 Å². The average molecular weight is 407 g/mol. The predicted molar refractivity (Wildman–Crippen MR) is 112 cm³/mol. The summed E-state index contributed by atoms with van der Waals surface area (Å²) in [5.41, 5.74) is 2.98. The van der Waals surface area contributed by atoms with Gasteiger partial charge in [-0.15, -0.1) is 11.8 Å². The SMILES string of the molecule is Cc1ccc(S(=O)(=O)c2ccc(CSc3ncnc4ccccc34)cc2)cc1. The number of thioether (sulfide) groups is 1. The van der Waals surface area contributed by atoms with Crippen LogP contribution in [0, 0.1) is 6.92 Å². The molecule has 0 radical (unpaired) electrons. The molecular weight excluding hydrogens is 388 g/mol. The van der Waals surface area contributed by atoms with Crippen LogP contribution in [0.25, 0.3) is 10.9 Å². The topological polar surface area (TPSA) is 59.9 Å². The number of rotatable bonds is 5. The van der Waals surface area contributed by atoms with Crippen LogP contribution in [0.1, 0.15) is 11.1 Å². The third-order valence-corrected chi connectivity index (χ3v) is 7.31. The number of nitrogens with zero attached hydrogens (tertiary/aromatic N) is 2. The fourth-order valence-corrected chi connectivity index (χ4v) is 5.07. The highest BCUT2D eigenvalue weighted by Gasteiger charge is 2.17. The van der Waals surface area contributed by atoms with Gasteiger partial charge in [0.1, 0.15) is 11.4 Å². The molecule has 0 atom stereocenters. The van der Waals surface area contributed by atoms with E-state index in [1.54, 1.807) is 42.4 Å². The van der Waals surface area contributed by atoms with Crippen molar-refractivity contribution >= 4 is 32.5 Å². The van der Waals surface area contributed by atoms with E-state index in [0.717, 1.165) is 27.1 Å². The molecule has 4 rings (SSSR count). The van der Waals surface area contributed by atoms with E-state index in [1.165, 1.54) is 0 Å². The Bertz CT molecular complexity index is 1210. The van der Waals surface area contributed by atoms with Crippen molar-refractivity contribution in [2.24, 2.45) is 0 Å². The third kappa shape index (κ3) is 3.79. The second-order valence-corrected chi connectivity index (χ2v) is 9.36. The smallest absolute Gasteiger partial charge is 0.206 e. The summed E-state index contributed by atoms with van der Waals surface area (Å²) in [5, 5.41) is 1.94. The van der Waals surface area contributed by atoms with Gasteiger partial charge >= 0.3 is 0 Å². The lowest BCUT2D eigenvalue weighted by atomic mass is 10.2. The van der Waals surface area contributed by atoms with Crippen LogP contribution in [0.3, 0.4) is 0 Å². The highest BCUT2D eigenvalue weighted by atomic mass is 32.2. The predicted octanol–water partition coefficient (Wildman–Crippen LogP) is 5.06. The van der Waals surface area contributed by atoms with Crippen LogP contribution in [0.2, 0.25) is 0 Å². The van der Waals surface area contributed by atoms with Gasteiger partial charge in [0.15, 0.2) is 0 Å². The fourth-order valence-electron chi connectivity index (χ4n) is 2.87. The Morgan fingerprint density at radius 1 is 0.821 bits per heavy atom. The molecule has 0 amide bonds. The molecule has 140 valence electrons. The van der Waals surface area contributed by atoms with Crippen molar-refractivity contribution in [3.63, 3.8) is 0 Å². The number of hydrogen-bond donors (Lipinski definition) is 0. The second kappa shape index (κ2) is 7.73. The lowest BCUT2D eigenvalue weighted by Crippen LogP contribution is -2.02. The van der Waals surface area contributed by atoms with Crippen LogP contribution >= 0.6 is 11.8 Å². The summed E-state index contributed by atoms with van der Waals surface area (Å²) in [5.74, 6) is 0.700. The molecule has 6 heteroatoms. The summed E-state index contributed by atoms with van der Waals surface area (Å²) >= 11 is 1.61. The number of sulfone groups is 1. The Labute approximate surface area is 168 Å². The zero-order chi connectivity index (χ0) is 19.6. The van der Waals surface area contributed by atoms with Gasteiger partial charge < -0.3 is 0 Å². The van der Waals surface area contributed by atoms with Crippen molar-refractivity contribution in [1.29, 1.82) is 0 Å². The van der Waals surface area contributed by atoms with Gasteiger partial charge in [-0.2, -0.15) is 0 Å². The van der Waals surface area contributed by atoms with Crippen LogP contribution in [-0.2, 0) is 15.6 Å². The Kier molecular flexibility index (Phi) is 5.15. The summed E-state index contributed by atoms with van der Waals surface area (Å²) in [6.45, 7) is 1.93. The second-order valence-electron chi connectivity index (χ2n) is 6.45. The molecule has 0 unspecified atom stereocenters. The highest BCUT2D eigenvalue weighted by Crippen LogP contribution is 2.28. The minimum absolute atomic E-state index is 0.303. The largest absolute Gasteiger partial charge is 0.236 e. The molecule has 0 aliphatic rings. The van der Waals surface area contributed by atoms with Gasteiger partial charge in [0.05, 0.1) is 15.3 Å². The van der Waals surface area contributed by atoms with E-state index in [-0.39, 0.29) is 0 Å². The number of fused-ring (bicyclic) bond motifs is 1. The Morgan fingerprint density at radius 2 is 1.46 bits per heavy atom. The molecule has 0 saturated heterocycles. The van der Waals surface area contributed by atoms with E-state index in [9.17, 15) is 8.42 Å². The summed E-state index contributed by atoms with van der Waals surface area (Å²) in [6, 6.07) is 21.9. The molecule has 3 aromatic carbocycles. The molecule has 0 N–H and O–H groups in total. The van der Waals surface area contributed by atoms with Crippen LogP contribution in [0.5, 0.6) is 0 Å². The summed E-state index contributed by atoms with van der Waals surface area (Å²) in [4.78, 5) is 9.28. The third-order valence-electron chi connectivity index (χ3n) is 4.45. The first kappa shape index (κ1) is 18.7. The Balaban J connectivity index is 1.53. The van der Waals surface area contributed by atoms with Crippen LogP contribution < -0.4 is 0 Å². The average Bonchev–Trinajstić information content (AvgIpc) is 2.73. The normalized spacial score (nSPS) is 11.6. The van der Waals surface area contributed by atoms with E-state index < -0.39 is 9.84 Å². The number of hydrogen-bond acceptors (Lipinski definition) is 5. The number of aryl methyl sites for hydroxylation is 1. The first-order valence-electron chi connectivity index (χ1n) is 8.77. The number of para-hydroxylation sites is 1. The van der Waals surface area contributed by atoms with Gasteiger partial charge in [0.2, 0.25) is 9.84 Å². The van der Waals surface area contributed by atoms with Gasteiger partial charge in [-0.25, -0.2) is 18.4 Å². The quantitative estimate of drug-likeness (QED) is 0.342. The van der Waals surface area contributed by atoms with Gasteiger partial charge in [0.25, 0.3) is 0 Å². The zero-order valence-corrected chi connectivity index (χ0v) is 16.9. The molecular formula is C22H18N2O2S2. The monoisotopic (exact) mass is 406 g/mol. The van der Waals surface area contributed by atoms with Crippen molar-refractivity contribution in [1.82, 2.24) is 9.97 Å². The fraction of sp³-hybridized carbons (Fsp3) is 0.0909. The first-order valence-corrected chi connectivity index (χ1v) is 11.2. The lowest BCUT2D eigenvalue weighted by Gasteiger charge is -2.07. The molecule has 4 nitrogen and oxygen atoms in total. The van der Waals surface area contributed by atoms with Crippen molar-refractivity contribution < 1.29 is 8.42 Å². The summed E-state index contributed by atoms with van der Waals surface area (Å²) in [7, 11) is -3.50. The molecule has 0 aliphatic carbocycles. The zero-order valence-electron chi connectivity index (χ0n) is 15.2. The van der Waals surface area contributed by atoms with E-state index in [4.69, 9.17) is 0 Å². The van der Waals surface area contributed by atoms with Crippen molar-refractivity contribution in [3.8, 4) is 0 Å². The molecule has 0 bridgehead atoms. The van der Waals surface area contributed by atoms with Gasteiger partial charge in [-0.05, 0) is 42.8 Å². The highest BCUT2D eigenvalue weighted by molar-refractivity contribution is 7.98. The maximum absolute atomic E-state index is 12.8. The van der Waals surface area contributed by atoms with Crippen LogP contribution in [-0.4, -0.2) is 18.4 Å². The minimum atomic E-state index is -3.50. The minimum Gasteiger partial charge on any atom is -0.236 e. The van der Waals surface area contributed by atoms with Crippen LogP contribution in [0.4, 0.5) is 0 Å². The molecule has 4 aromatic rings. The first-order chi connectivity index (χ1) is 13.5. The van der Waals surface area contributed by atoms with Crippen molar-refractivity contribution in [2.45, 2.75) is 27.5 Å². The lowest BCUT2D eigenvalue weighted by molar-refractivity contribution is 0.596. The molecule has 1 aromatic heterocycles. The Morgan fingerprint density at radius 3 is 2.18 bits per heavy atom. The van der Waals surface area contributed by atoms with Crippen molar-refractivity contribution in [3.05, 3.63) is 90.3 Å². The van der Waals surface area contributed by atoms with E-state index in [0.29, 0.717) is 15.5 Å². The van der Waals surface area contributed by atoms with Gasteiger partial charge in [-0.3, -0.25) is 0 Å². The van der Waals surface area contributed by atoms with Gasteiger partial charge in [0, 0.05) is 11.1 Å². The summed E-state index contributed by atoms with van der Waals surface area (Å²) < 4.78 is 25.5. The molecule has 28 heavy (non-hydrogen) atoms. The molecule has 0 spiro atoms. The van der Waals surface area contributed by atoms with Crippen molar-refractivity contribution in [2.75, 3.05) is 0 Å². The molecule has 0 saturated carbocycles. The van der Waals surface area contributed by atoms with E-state index in [2.05, 4.69) is 9.97 Å². The summed E-state index contributed by atoms with van der Waals surface area (Å²) in [6.07, 6.45) is 1.57. The number of benzene rings is 3. The molecule has 0 fully saturated rings. The van der Waals surface area contributed by atoms with E-state index in [1.807, 2.05) is 55.5 Å². The van der Waals surface area contributed by atoms with E-state index >= 15 is 0 Å². The standard InChI is InChI=1S/C22H18N2O2S2/c1-16-6-10-18(11-7-16)28(25,26)19-12-8-17(9-13-19)14-27-22-20-4-2-3-5-21(20)23-15-24-22/h2-13,15H,14H2,1H3. The molecule has 0 aliphatic heterocycles. The van der Waals surface area contributed by atoms with Crippen LogP contribution in [0.15, 0.2) is 93.9 Å². The number of aromatic nitrogens is 2. The maximum atomic E-state index is 12.8. The Hall–Kier alpha value is -2.70. The maximum Gasteiger partial charge on any atom is 0.206 e.